The number of nitrogens with zero attached hydrogens (tertiary/aromatic N) is 2. The molecule has 0 spiro atoms. The van der Waals surface area contributed by atoms with Crippen LogP contribution in [0.25, 0.3) is 10.9 Å². The Morgan fingerprint density at radius 1 is 1.00 bits per heavy atom. The van der Waals surface area contributed by atoms with Gasteiger partial charge in [0.25, 0.3) is 10.0 Å². The standard InChI is InChI=1S/C26H20FN3O4S/c1-16-6-7-18-5-4-12-28-24(18)25(16)35(32,33)30-22-11-10-21(27)14-19(22)8-9-20-15-29-23(13-17(20)2)26(31)34-3/h4-7,10-15,30H,1-3H3. The third-order valence-electron chi connectivity index (χ3n) is 5.26. The molecular formula is C26H20FN3O4S. The van der Waals surface area contributed by atoms with Gasteiger partial charge in [-0.25, -0.2) is 22.6 Å². The lowest BCUT2D eigenvalue weighted by Crippen LogP contribution is -2.16. The maximum absolute atomic E-state index is 14.0. The number of aromatic nitrogens is 2. The third kappa shape index (κ3) is 4.98. The molecule has 0 aliphatic rings. The van der Waals surface area contributed by atoms with Gasteiger partial charge >= 0.3 is 5.97 Å². The van der Waals surface area contributed by atoms with Crippen molar-refractivity contribution in [3.8, 4) is 11.8 Å². The largest absolute Gasteiger partial charge is 0.464 e. The number of esters is 1. The van der Waals surface area contributed by atoms with Gasteiger partial charge in [-0.1, -0.05) is 30.0 Å². The topological polar surface area (TPSA) is 98.2 Å². The number of hydrogen-bond acceptors (Lipinski definition) is 6. The number of fused-ring (bicyclic) bond motifs is 1. The summed E-state index contributed by atoms with van der Waals surface area (Å²) in [5, 5.41) is 0.677. The van der Waals surface area contributed by atoms with Gasteiger partial charge in [-0.2, -0.15) is 0 Å². The summed E-state index contributed by atoms with van der Waals surface area (Å²) in [6.45, 7) is 3.42. The van der Waals surface area contributed by atoms with Crippen molar-refractivity contribution >= 4 is 32.6 Å². The number of benzene rings is 2. The molecule has 0 atom stereocenters. The summed E-state index contributed by atoms with van der Waals surface area (Å²) in [7, 11) is -2.82. The van der Waals surface area contributed by atoms with Gasteiger partial charge in [0.15, 0.2) is 0 Å². The van der Waals surface area contributed by atoms with Crippen molar-refractivity contribution in [2.45, 2.75) is 18.7 Å². The predicted molar refractivity (Wildman–Crippen MR) is 130 cm³/mol. The van der Waals surface area contributed by atoms with Crippen LogP contribution in [0, 0.1) is 31.5 Å². The number of carbonyl (C=O) groups is 1. The number of halogens is 1. The maximum Gasteiger partial charge on any atom is 0.356 e. The van der Waals surface area contributed by atoms with Crippen molar-refractivity contribution in [1.29, 1.82) is 0 Å². The van der Waals surface area contributed by atoms with E-state index in [9.17, 15) is 17.6 Å². The number of sulfonamides is 1. The lowest BCUT2D eigenvalue weighted by molar-refractivity contribution is 0.0594. The fourth-order valence-corrected chi connectivity index (χ4v) is 4.99. The van der Waals surface area contributed by atoms with E-state index < -0.39 is 21.8 Å². The lowest BCUT2D eigenvalue weighted by atomic mass is 10.1. The van der Waals surface area contributed by atoms with E-state index in [4.69, 9.17) is 0 Å². The van der Waals surface area contributed by atoms with Gasteiger partial charge in [0.05, 0.1) is 23.9 Å². The summed E-state index contributed by atoms with van der Waals surface area (Å²) in [5.74, 6) is 4.53. The lowest BCUT2D eigenvalue weighted by Gasteiger charge is -2.13. The van der Waals surface area contributed by atoms with E-state index in [1.165, 1.54) is 31.6 Å². The van der Waals surface area contributed by atoms with Crippen molar-refractivity contribution in [3.05, 3.63) is 94.7 Å². The number of nitrogens with one attached hydrogen (secondary N) is 1. The highest BCUT2D eigenvalue weighted by Gasteiger charge is 2.22. The molecule has 0 aliphatic heterocycles. The number of ether oxygens (including phenoxy) is 1. The molecule has 176 valence electrons. The van der Waals surface area contributed by atoms with E-state index in [1.54, 1.807) is 38.1 Å². The highest BCUT2D eigenvalue weighted by Crippen LogP contribution is 2.28. The van der Waals surface area contributed by atoms with E-state index in [0.29, 0.717) is 27.6 Å². The third-order valence-corrected chi connectivity index (χ3v) is 6.80. The molecule has 0 fully saturated rings. The second-order valence-electron chi connectivity index (χ2n) is 7.71. The molecule has 1 N–H and O–H groups in total. The Hall–Kier alpha value is -4.29. The first-order chi connectivity index (χ1) is 16.7. The SMILES string of the molecule is COC(=O)c1cc(C)c(C#Cc2cc(F)ccc2NS(=O)(=O)c2c(C)ccc3cccnc23)cn1. The summed E-state index contributed by atoms with van der Waals surface area (Å²) in [6.07, 6.45) is 2.93. The number of carbonyl (C=O) groups excluding carboxylic acids is 1. The van der Waals surface area contributed by atoms with Gasteiger partial charge in [-0.3, -0.25) is 9.71 Å². The molecule has 0 saturated carbocycles. The molecule has 0 bridgehead atoms. The second kappa shape index (κ2) is 9.52. The van der Waals surface area contributed by atoms with Crippen LogP contribution >= 0.6 is 0 Å². The summed E-state index contributed by atoms with van der Waals surface area (Å²) in [6, 6.07) is 12.1. The van der Waals surface area contributed by atoms with Crippen LogP contribution in [-0.4, -0.2) is 31.5 Å². The van der Waals surface area contributed by atoms with Crippen LogP contribution in [0.5, 0.6) is 0 Å². The van der Waals surface area contributed by atoms with Crippen LogP contribution in [-0.2, 0) is 14.8 Å². The fraction of sp³-hybridized carbons (Fsp3) is 0.115. The van der Waals surface area contributed by atoms with Gasteiger partial charge in [0, 0.05) is 23.3 Å². The zero-order valence-corrected chi connectivity index (χ0v) is 19.9. The molecule has 0 unspecified atom stereocenters. The summed E-state index contributed by atoms with van der Waals surface area (Å²) in [5.41, 5.74) is 2.38. The molecule has 9 heteroatoms. The highest BCUT2D eigenvalue weighted by atomic mass is 32.2. The van der Waals surface area contributed by atoms with Gasteiger partial charge in [-0.05, 0) is 55.3 Å². The van der Waals surface area contributed by atoms with Gasteiger partial charge in [0.1, 0.15) is 16.4 Å². The summed E-state index contributed by atoms with van der Waals surface area (Å²) >= 11 is 0. The molecule has 7 nitrogen and oxygen atoms in total. The van der Waals surface area contributed by atoms with Crippen LogP contribution in [0.1, 0.15) is 32.7 Å². The van der Waals surface area contributed by atoms with E-state index in [2.05, 4.69) is 31.3 Å². The molecule has 0 aliphatic carbocycles. The number of methoxy groups -OCH3 is 1. The first-order valence-electron chi connectivity index (χ1n) is 10.4. The normalized spacial score (nSPS) is 11.0. The number of hydrogen-bond donors (Lipinski definition) is 1. The smallest absolute Gasteiger partial charge is 0.356 e. The van der Waals surface area contributed by atoms with Crippen LogP contribution in [0.15, 0.2) is 65.8 Å². The van der Waals surface area contributed by atoms with E-state index in [1.807, 2.05) is 0 Å². The maximum atomic E-state index is 14.0. The Morgan fingerprint density at radius 2 is 1.77 bits per heavy atom. The van der Waals surface area contributed by atoms with E-state index >= 15 is 0 Å². The Morgan fingerprint density at radius 3 is 2.51 bits per heavy atom. The molecule has 2 aromatic carbocycles. The van der Waals surface area contributed by atoms with Crippen LogP contribution in [0.4, 0.5) is 10.1 Å². The van der Waals surface area contributed by atoms with Gasteiger partial charge in [-0.15, -0.1) is 0 Å². The first-order valence-corrected chi connectivity index (χ1v) is 11.9. The Bertz CT molecular complexity index is 1640. The quantitative estimate of drug-likeness (QED) is 0.338. The summed E-state index contributed by atoms with van der Waals surface area (Å²) in [4.78, 5) is 20.0. The average molecular weight is 490 g/mol. The zero-order valence-electron chi connectivity index (χ0n) is 19.1. The van der Waals surface area contributed by atoms with E-state index in [0.717, 1.165) is 12.1 Å². The molecule has 4 rings (SSSR count). The van der Waals surface area contributed by atoms with Crippen LogP contribution in [0.3, 0.4) is 0 Å². The fourth-order valence-electron chi connectivity index (χ4n) is 3.50. The minimum atomic E-state index is -4.08. The van der Waals surface area contributed by atoms with Crippen molar-refractivity contribution in [2.75, 3.05) is 11.8 Å². The predicted octanol–water partition coefficient (Wildman–Crippen LogP) is 4.37. The molecule has 2 heterocycles. The van der Waals surface area contributed by atoms with Crippen LogP contribution in [0.2, 0.25) is 0 Å². The molecule has 2 aromatic heterocycles. The van der Waals surface area contributed by atoms with Crippen molar-refractivity contribution < 1.29 is 22.3 Å². The molecular weight excluding hydrogens is 469 g/mol. The number of anilines is 1. The van der Waals surface area contributed by atoms with Gasteiger partial charge < -0.3 is 4.74 Å². The van der Waals surface area contributed by atoms with Gasteiger partial charge in [0.2, 0.25) is 0 Å². The Balaban J connectivity index is 1.74. The molecule has 4 aromatic rings. The average Bonchev–Trinajstić information content (AvgIpc) is 2.83. The van der Waals surface area contributed by atoms with E-state index in [-0.39, 0.29) is 21.8 Å². The first kappa shape index (κ1) is 23.9. The Labute approximate surface area is 202 Å². The highest BCUT2D eigenvalue weighted by molar-refractivity contribution is 7.93. The Kier molecular flexibility index (Phi) is 6.49. The second-order valence-corrected chi connectivity index (χ2v) is 9.33. The number of aryl methyl sites for hydroxylation is 2. The molecule has 0 saturated heterocycles. The summed E-state index contributed by atoms with van der Waals surface area (Å²) < 4.78 is 48.0. The monoisotopic (exact) mass is 489 g/mol. The molecule has 0 amide bonds. The van der Waals surface area contributed by atoms with Crippen molar-refractivity contribution in [2.24, 2.45) is 0 Å². The van der Waals surface area contributed by atoms with Crippen molar-refractivity contribution in [3.63, 3.8) is 0 Å². The number of rotatable bonds is 4. The van der Waals surface area contributed by atoms with Crippen LogP contribution < -0.4 is 4.72 Å². The zero-order chi connectivity index (χ0) is 25.2. The van der Waals surface area contributed by atoms with Crippen molar-refractivity contribution in [1.82, 2.24) is 9.97 Å². The molecule has 35 heavy (non-hydrogen) atoms. The minimum absolute atomic E-state index is 0.0391. The minimum Gasteiger partial charge on any atom is -0.464 e. The molecule has 0 radical (unpaired) electrons. The number of pyridine rings is 2.